The van der Waals surface area contributed by atoms with Crippen LogP contribution in [0, 0.1) is 0 Å². The maximum absolute atomic E-state index is 12.0. The predicted molar refractivity (Wildman–Crippen MR) is 111 cm³/mol. The number of nitrogens with one attached hydrogen (secondary N) is 2. The highest BCUT2D eigenvalue weighted by atomic mass is 35.5. The summed E-state index contributed by atoms with van der Waals surface area (Å²) >= 11 is 12.9. The van der Waals surface area contributed by atoms with Crippen molar-refractivity contribution in [1.29, 1.82) is 0 Å². The minimum absolute atomic E-state index is 0.0283. The van der Waals surface area contributed by atoms with E-state index in [-0.39, 0.29) is 24.1 Å². The van der Waals surface area contributed by atoms with Crippen LogP contribution in [-0.4, -0.2) is 53.3 Å². The maximum atomic E-state index is 12.0. The summed E-state index contributed by atoms with van der Waals surface area (Å²) in [6, 6.07) is 4.69. The van der Waals surface area contributed by atoms with Gasteiger partial charge < -0.3 is 5.32 Å². The number of halogens is 2. The van der Waals surface area contributed by atoms with E-state index in [4.69, 9.17) is 23.2 Å². The highest BCUT2D eigenvalue weighted by Gasteiger charge is 2.31. The van der Waals surface area contributed by atoms with Crippen LogP contribution in [0.5, 0.6) is 0 Å². The van der Waals surface area contributed by atoms with Crippen molar-refractivity contribution in [2.75, 3.05) is 23.9 Å². The van der Waals surface area contributed by atoms with Gasteiger partial charge in [0.1, 0.15) is 0 Å². The summed E-state index contributed by atoms with van der Waals surface area (Å²) in [6.07, 6.45) is 0.616. The van der Waals surface area contributed by atoms with Gasteiger partial charge in [0.2, 0.25) is 5.13 Å². The van der Waals surface area contributed by atoms with Crippen molar-refractivity contribution in [3.8, 4) is 0 Å². The third kappa shape index (κ3) is 5.77. The largest absolute Gasteiger partial charge is 0.334 e. The Bertz CT molecular complexity index is 967. The lowest BCUT2D eigenvalue weighted by molar-refractivity contribution is 0.248. The van der Waals surface area contributed by atoms with Crippen LogP contribution in [0.4, 0.5) is 9.93 Å². The van der Waals surface area contributed by atoms with Gasteiger partial charge in [0.05, 0.1) is 28.1 Å². The molecule has 8 nitrogen and oxygen atoms in total. The van der Waals surface area contributed by atoms with Gasteiger partial charge >= 0.3 is 6.03 Å². The third-order valence-electron chi connectivity index (χ3n) is 4.35. The number of anilines is 1. The molecule has 152 valence electrons. The number of hydrogen-bond acceptors (Lipinski definition) is 7. The van der Waals surface area contributed by atoms with E-state index in [0.29, 0.717) is 34.0 Å². The van der Waals surface area contributed by atoms with Crippen LogP contribution in [0.25, 0.3) is 0 Å². The van der Waals surface area contributed by atoms with E-state index in [1.165, 1.54) is 0 Å². The Morgan fingerprint density at radius 1 is 1.36 bits per heavy atom. The predicted octanol–water partition coefficient (Wildman–Crippen LogP) is 2.79. The standard InChI is InChI=1S/C16H19Cl2N5O3S2/c1-23(11-4-5-28(25,26)9-11)8-14-20-16(27-22-14)21-15(24)19-7-10-2-3-12(17)13(18)6-10/h2-3,6,11H,4-5,7-9H2,1H3,(H2,19,20,21,22,24). The Morgan fingerprint density at radius 3 is 2.82 bits per heavy atom. The van der Waals surface area contributed by atoms with Crippen molar-refractivity contribution in [3.63, 3.8) is 0 Å². The minimum Gasteiger partial charge on any atom is -0.334 e. The Labute approximate surface area is 177 Å². The normalized spacial score (nSPS) is 18.4. The summed E-state index contributed by atoms with van der Waals surface area (Å²) < 4.78 is 27.4. The number of carbonyl (C=O) groups excluding carboxylic acids is 1. The van der Waals surface area contributed by atoms with E-state index in [2.05, 4.69) is 20.0 Å². The van der Waals surface area contributed by atoms with E-state index < -0.39 is 15.9 Å². The van der Waals surface area contributed by atoms with Crippen LogP contribution in [0.1, 0.15) is 17.8 Å². The number of hydrogen-bond donors (Lipinski definition) is 2. The molecule has 12 heteroatoms. The molecule has 0 bridgehead atoms. The SMILES string of the molecule is CN(Cc1nsc(NC(=O)NCc2ccc(Cl)c(Cl)c2)n1)C1CCS(=O)(=O)C1. The molecular formula is C16H19Cl2N5O3S2. The zero-order valence-electron chi connectivity index (χ0n) is 15.0. The van der Waals surface area contributed by atoms with Gasteiger partial charge in [0.25, 0.3) is 0 Å². The molecule has 1 aliphatic rings. The molecule has 2 heterocycles. The average Bonchev–Trinajstić information content (AvgIpc) is 3.21. The van der Waals surface area contributed by atoms with Crippen molar-refractivity contribution >= 4 is 55.7 Å². The fourth-order valence-electron chi connectivity index (χ4n) is 2.82. The highest BCUT2D eigenvalue weighted by Crippen LogP contribution is 2.22. The Kier molecular flexibility index (Phi) is 6.77. The molecule has 2 N–H and O–H groups in total. The molecule has 1 saturated heterocycles. The molecule has 2 aromatic rings. The molecule has 0 spiro atoms. The number of rotatable bonds is 6. The molecule has 0 aliphatic carbocycles. The molecule has 1 unspecified atom stereocenters. The lowest BCUT2D eigenvalue weighted by Crippen LogP contribution is -2.32. The van der Waals surface area contributed by atoms with Gasteiger partial charge in [0, 0.05) is 24.1 Å². The van der Waals surface area contributed by atoms with Crippen LogP contribution in [-0.2, 0) is 22.9 Å². The number of nitrogens with zero attached hydrogens (tertiary/aromatic N) is 3. The summed E-state index contributed by atoms with van der Waals surface area (Å²) in [7, 11) is -1.09. The molecule has 1 aliphatic heterocycles. The number of urea groups is 1. The van der Waals surface area contributed by atoms with E-state index in [1.54, 1.807) is 18.2 Å². The van der Waals surface area contributed by atoms with Crippen LogP contribution < -0.4 is 10.6 Å². The van der Waals surface area contributed by atoms with Crippen LogP contribution in [0.3, 0.4) is 0 Å². The fourth-order valence-corrected chi connectivity index (χ4v) is 5.52. The molecule has 28 heavy (non-hydrogen) atoms. The van der Waals surface area contributed by atoms with Gasteiger partial charge in [0.15, 0.2) is 15.7 Å². The van der Waals surface area contributed by atoms with Crippen molar-refractivity contribution in [2.24, 2.45) is 0 Å². The molecule has 1 aromatic heterocycles. The molecule has 2 amide bonds. The van der Waals surface area contributed by atoms with Gasteiger partial charge in [-0.15, -0.1) is 0 Å². The summed E-state index contributed by atoms with van der Waals surface area (Å²) in [6.45, 7) is 0.705. The maximum Gasteiger partial charge on any atom is 0.321 e. The molecule has 3 rings (SSSR count). The first-order chi connectivity index (χ1) is 13.2. The number of amides is 2. The Morgan fingerprint density at radius 2 is 2.14 bits per heavy atom. The Balaban J connectivity index is 1.48. The van der Waals surface area contributed by atoms with Crippen LogP contribution in [0.15, 0.2) is 18.2 Å². The molecule has 1 aromatic carbocycles. The average molecular weight is 464 g/mol. The number of carbonyl (C=O) groups is 1. The summed E-state index contributed by atoms with van der Waals surface area (Å²) in [5.41, 5.74) is 0.815. The van der Waals surface area contributed by atoms with Gasteiger partial charge in [-0.3, -0.25) is 10.2 Å². The third-order valence-corrected chi connectivity index (χ3v) is 7.51. The minimum atomic E-state index is -2.94. The van der Waals surface area contributed by atoms with E-state index >= 15 is 0 Å². The first-order valence-electron chi connectivity index (χ1n) is 8.44. The summed E-state index contributed by atoms with van der Waals surface area (Å²) in [5, 5.41) is 6.59. The smallest absolute Gasteiger partial charge is 0.321 e. The van der Waals surface area contributed by atoms with E-state index in [0.717, 1.165) is 17.1 Å². The number of benzene rings is 1. The second-order valence-corrected chi connectivity index (χ2v) is 10.3. The van der Waals surface area contributed by atoms with Crippen molar-refractivity contribution in [2.45, 2.75) is 25.6 Å². The van der Waals surface area contributed by atoms with Crippen molar-refractivity contribution < 1.29 is 13.2 Å². The van der Waals surface area contributed by atoms with Gasteiger partial charge in [-0.2, -0.15) is 4.37 Å². The fraction of sp³-hybridized carbons (Fsp3) is 0.438. The van der Waals surface area contributed by atoms with Gasteiger partial charge in [-0.25, -0.2) is 18.2 Å². The first kappa shape index (κ1) is 21.3. The van der Waals surface area contributed by atoms with E-state index in [1.807, 2.05) is 11.9 Å². The molecular weight excluding hydrogens is 445 g/mol. The second kappa shape index (κ2) is 8.91. The zero-order valence-corrected chi connectivity index (χ0v) is 18.1. The van der Waals surface area contributed by atoms with E-state index in [9.17, 15) is 13.2 Å². The topological polar surface area (TPSA) is 104 Å². The molecule has 0 saturated carbocycles. The Hall–Kier alpha value is -1.46. The van der Waals surface area contributed by atoms with Crippen molar-refractivity contribution in [3.05, 3.63) is 39.6 Å². The quantitative estimate of drug-likeness (QED) is 0.682. The lowest BCUT2D eigenvalue weighted by Gasteiger charge is -2.21. The zero-order chi connectivity index (χ0) is 20.3. The lowest BCUT2D eigenvalue weighted by atomic mass is 10.2. The number of aromatic nitrogens is 2. The molecule has 0 radical (unpaired) electrons. The summed E-state index contributed by atoms with van der Waals surface area (Å²) in [4.78, 5) is 18.2. The highest BCUT2D eigenvalue weighted by molar-refractivity contribution is 7.91. The number of sulfone groups is 1. The molecule has 1 atom stereocenters. The molecule has 1 fully saturated rings. The van der Waals surface area contributed by atoms with Gasteiger partial charge in [-0.1, -0.05) is 29.3 Å². The first-order valence-corrected chi connectivity index (χ1v) is 11.8. The van der Waals surface area contributed by atoms with Crippen LogP contribution in [0.2, 0.25) is 10.0 Å². The van der Waals surface area contributed by atoms with Crippen molar-refractivity contribution in [1.82, 2.24) is 19.6 Å². The second-order valence-electron chi connectivity index (χ2n) is 6.54. The van der Waals surface area contributed by atoms with Gasteiger partial charge in [-0.05, 0) is 31.2 Å². The summed E-state index contributed by atoms with van der Waals surface area (Å²) in [5.74, 6) is 0.922. The monoisotopic (exact) mass is 463 g/mol. The van der Waals surface area contributed by atoms with Crippen LogP contribution >= 0.6 is 34.7 Å².